The number of hydrogen-bond acceptors (Lipinski definition) is 6. The molecule has 0 saturated carbocycles. The highest BCUT2D eigenvalue weighted by atomic mass is 35.5. The van der Waals surface area contributed by atoms with Crippen molar-refractivity contribution in [1.29, 1.82) is 0 Å². The van der Waals surface area contributed by atoms with Crippen LogP contribution in [0.2, 0.25) is 5.02 Å². The van der Waals surface area contributed by atoms with E-state index < -0.39 is 10.0 Å². The van der Waals surface area contributed by atoms with Gasteiger partial charge in [-0.2, -0.15) is 0 Å². The fourth-order valence-corrected chi connectivity index (χ4v) is 4.33. The number of sulfonamides is 1. The number of nitrogens with zero attached hydrogens (tertiary/aromatic N) is 2. The maximum absolute atomic E-state index is 12.5. The lowest BCUT2D eigenvalue weighted by Gasteiger charge is -2.07. The SMILES string of the molecule is CCc1nnc(-c2csc(S(=O)(=O)Nc3ccc(C)c(Cl)c3)c2)o1. The van der Waals surface area contributed by atoms with Crippen LogP contribution in [0.3, 0.4) is 0 Å². The summed E-state index contributed by atoms with van der Waals surface area (Å²) in [4.78, 5) is 0. The summed E-state index contributed by atoms with van der Waals surface area (Å²) in [5, 5.41) is 9.96. The predicted octanol–water partition coefficient (Wildman–Crippen LogP) is 4.12. The molecule has 2 heterocycles. The zero-order valence-corrected chi connectivity index (χ0v) is 15.3. The van der Waals surface area contributed by atoms with Crippen molar-refractivity contribution in [3.8, 4) is 11.5 Å². The van der Waals surface area contributed by atoms with E-state index in [0.29, 0.717) is 34.5 Å². The maximum atomic E-state index is 12.5. The van der Waals surface area contributed by atoms with Crippen LogP contribution in [0.1, 0.15) is 18.4 Å². The van der Waals surface area contributed by atoms with Crippen molar-refractivity contribution >= 4 is 38.6 Å². The number of hydrogen-bond donors (Lipinski definition) is 1. The Kier molecular flexibility index (Phi) is 4.62. The molecular formula is C15H14ClN3O3S2. The first kappa shape index (κ1) is 16.9. The van der Waals surface area contributed by atoms with Gasteiger partial charge in [-0.3, -0.25) is 4.72 Å². The lowest BCUT2D eigenvalue weighted by Crippen LogP contribution is -2.11. The smallest absolute Gasteiger partial charge is 0.271 e. The van der Waals surface area contributed by atoms with Gasteiger partial charge in [-0.1, -0.05) is 24.6 Å². The summed E-state index contributed by atoms with van der Waals surface area (Å²) in [6, 6.07) is 6.51. The third-order valence-electron chi connectivity index (χ3n) is 3.28. The first-order valence-corrected chi connectivity index (χ1v) is 9.83. The van der Waals surface area contributed by atoms with Crippen molar-refractivity contribution in [2.45, 2.75) is 24.5 Å². The molecule has 0 aliphatic carbocycles. The number of aromatic nitrogens is 2. The van der Waals surface area contributed by atoms with Crippen LogP contribution < -0.4 is 4.72 Å². The van der Waals surface area contributed by atoms with Gasteiger partial charge in [0.15, 0.2) is 0 Å². The molecule has 0 aliphatic rings. The molecule has 0 atom stereocenters. The molecule has 2 aromatic heterocycles. The third-order valence-corrected chi connectivity index (χ3v) is 6.51. The van der Waals surface area contributed by atoms with Crippen molar-refractivity contribution in [3.05, 3.63) is 46.1 Å². The van der Waals surface area contributed by atoms with Crippen LogP contribution in [0.5, 0.6) is 0 Å². The Morgan fingerprint density at radius 2 is 2.08 bits per heavy atom. The van der Waals surface area contributed by atoms with Crippen LogP contribution >= 0.6 is 22.9 Å². The summed E-state index contributed by atoms with van der Waals surface area (Å²) in [5.74, 6) is 0.816. The minimum absolute atomic E-state index is 0.158. The van der Waals surface area contributed by atoms with E-state index >= 15 is 0 Å². The molecule has 126 valence electrons. The lowest BCUT2D eigenvalue weighted by molar-refractivity contribution is 0.513. The third kappa shape index (κ3) is 3.45. The average Bonchev–Trinajstić information content (AvgIpc) is 3.19. The van der Waals surface area contributed by atoms with Gasteiger partial charge in [0, 0.05) is 16.8 Å². The van der Waals surface area contributed by atoms with Crippen molar-refractivity contribution in [1.82, 2.24) is 10.2 Å². The number of nitrogens with one attached hydrogen (secondary N) is 1. The molecule has 6 nitrogen and oxygen atoms in total. The van der Waals surface area contributed by atoms with Crippen molar-refractivity contribution in [2.24, 2.45) is 0 Å². The summed E-state index contributed by atoms with van der Waals surface area (Å²) in [5.41, 5.74) is 1.86. The first-order chi connectivity index (χ1) is 11.4. The Morgan fingerprint density at radius 1 is 1.29 bits per heavy atom. The Morgan fingerprint density at radius 3 is 2.75 bits per heavy atom. The van der Waals surface area contributed by atoms with Crippen LogP contribution in [-0.4, -0.2) is 18.6 Å². The van der Waals surface area contributed by atoms with Gasteiger partial charge in [0.05, 0.1) is 11.3 Å². The molecule has 0 bridgehead atoms. The van der Waals surface area contributed by atoms with Crippen molar-refractivity contribution in [3.63, 3.8) is 0 Å². The van der Waals surface area contributed by atoms with Gasteiger partial charge < -0.3 is 4.42 Å². The molecule has 1 aromatic carbocycles. The van der Waals surface area contributed by atoms with Crippen molar-refractivity contribution < 1.29 is 12.8 Å². The molecule has 0 saturated heterocycles. The highest BCUT2D eigenvalue weighted by Crippen LogP contribution is 2.30. The second-order valence-electron chi connectivity index (χ2n) is 5.08. The van der Waals surface area contributed by atoms with Gasteiger partial charge in [-0.25, -0.2) is 8.42 Å². The fourth-order valence-electron chi connectivity index (χ4n) is 1.94. The van der Waals surface area contributed by atoms with Crippen LogP contribution in [0.4, 0.5) is 5.69 Å². The summed E-state index contributed by atoms with van der Waals surface area (Å²) in [6.07, 6.45) is 0.623. The van der Waals surface area contributed by atoms with Gasteiger partial charge in [0.25, 0.3) is 10.0 Å². The fraction of sp³-hybridized carbons (Fsp3) is 0.200. The monoisotopic (exact) mass is 383 g/mol. The summed E-state index contributed by atoms with van der Waals surface area (Å²) < 4.78 is 33.1. The van der Waals surface area contributed by atoms with E-state index in [-0.39, 0.29) is 4.21 Å². The van der Waals surface area contributed by atoms with Crippen LogP contribution in [0.25, 0.3) is 11.5 Å². The van der Waals surface area contributed by atoms with Gasteiger partial charge in [-0.05, 0) is 30.7 Å². The lowest BCUT2D eigenvalue weighted by atomic mass is 10.2. The molecule has 0 radical (unpaired) electrons. The number of benzene rings is 1. The van der Waals surface area contributed by atoms with E-state index in [2.05, 4.69) is 14.9 Å². The molecule has 1 N–H and O–H groups in total. The topological polar surface area (TPSA) is 85.1 Å². The molecule has 0 spiro atoms. The number of halogens is 1. The molecule has 3 aromatic rings. The number of anilines is 1. The highest BCUT2D eigenvalue weighted by molar-refractivity contribution is 7.94. The first-order valence-electron chi connectivity index (χ1n) is 7.09. The standard InChI is InChI=1S/C15H14ClN3O3S2/c1-3-13-17-18-15(22-13)10-6-14(23-8-10)24(20,21)19-11-5-4-9(2)12(16)7-11/h4-8,19H,3H2,1-2H3. The molecule has 0 unspecified atom stereocenters. The number of thiophene rings is 1. The quantitative estimate of drug-likeness (QED) is 0.716. The van der Waals surface area contributed by atoms with E-state index in [9.17, 15) is 8.42 Å². The molecule has 0 amide bonds. The Hall–Kier alpha value is -1.90. The average molecular weight is 384 g/mol. The Labute approximate surface area is 148 Å². The highest BCUT2D eigenvalue weighted by Gasteiger charge is 2.19. The minimum Gasteiger partial charge on any atom is -0.421 e. The van der Waals surface area contributed by atoms with Crippen LogP contribution in [0.15, 0.2) is 38.3 Å². The van der Waals surface area contributed by atoms with E-state index in [1.165, 1.54) is 6.07 Å². The molecule has 0 fully saturated rings. The normalized spacial score (nSPS) is 11.6. The molecule has 9 heteroatoms. The molecular weight excluding hydrogens is 370 g/mol. The van der Waals surface area contributed by atoms with E-state index in [1.54, 1.807) is 23.6 Å². The van der Waals surface area contributed by atoms with Crippen LogP contribution in [0, 0.1) is 6.92 Å². The molecule has 0 aliphatic heterocycles. The van der Waals surface area contributed by atoms with Gasteiger partial charge in [0.1, 0.15) is 4.21 Å². The molecule has 24 heavy (non-hydrogen) atoms. The number of aryl methyl sites for hydroxylation is 2. The largest absolute Gasteiger partial charge is 0.421 e. The summed E-state index contributed by atoms with van der Waals surface area (Å²) in [7, 11) is -3.71. The van der Waals surface area contributed by atoms with Gasteiger partial charge in [-0.15, -0.1) is 21.5 Å². The number of rotatable bonds is 5. The summed E-state index contributed by atoms with van der Waals surface area (Å²) >= 11 is 7.11. The van der Waals surface area contributed by atoms with E-state index in [1.807, 2.05) is 13.8 Å². The Bertz CT molecular complexity index is 980. The van der Waals surface area contributed by atoms with Gasteiger partial charge in [0.2, 0.25) is 11.8 Å². The zero-order valence-electron chi connectivity index (χ0n) is 12.9. The Balaban J connectivity index is 1.86. The second kappa shape index (κ2) is 6.54. The molecule has 3 rings (SSSR count). The van der Waals surface area contributed by atoms with Gasteiger partial charge >= 0.3 is 0 Å². The van der Waals surface area contributed by atoms with Crippen LogP contribution in [-0.2, 0) is 16.4 Å². The van der Waals surface area contributed by atoms with Crippen molar-refractivity contribution in [2.75, 3.05) is 4.72 Å². The van der Waals surface area contributed by atoms with E-state index in [4.69, 9.17) is 16.0 Å². The minimum atomic E-state index is -3.71. The zero-order chi connectivity index (χ0) is 17.3. The second-order valence-corrected chi connectivity index (χ2v) is 8.31. The predicted molar refractivity (Wildman–Crippen MR) is 94.0 cm³/mol. The summed E-state index contributed by atoms with van der Waals surface area (Å²) in [6.45, 7) is 3.75. The maximum Gasteiger partial charge on any atom is 0.271 e. The van der Waals surface area contributed by atoms with E-state index in [0.717, 1.165) is 16.9 Å².